The summed E-state index contributed by atoms with van der Waals surface area (Å²) >= 11 is 6.62. The Morgan fingerprint density at radius 1 is 1.12 bits per heavy atom. The van der Waals surface area contributed by atoms with E-state index in [0.29, 0.717) is 26.7 Å². The van der Waals surface area contributed by atoms with Gasteiger partial charge >= 0.3 is 11.6 Å². The predicted molar refractivity (Wildman–Crippen MR) is 104 cm³/mol. The lowest BCUT2D eigenvalue weighted by molar-refractivity contribution is -0.126. The van der Waals surface area contributed by atoms with Crippen molar-refractivity contribution in [3.8, 4) is 11.5 Å². The molecule has 1 aromatic heterocycles. The fourth-order valence-electron chi connectivity index (χ4n) is 2.95. The molecule has 26 heavy (non-hydrogen) atoms. The van der Waals surface area contributed by atoms with E-state index in [-0.39, 0.29) is 16.9 Å². The van der Waals surface area contributed by atoms with Crippen LogP contribution in [0.15, 0.2) is 48.5 Å². The van der Waals surface area contributed by atoms with Gasteiger partial charge in [-0.3, -0.25) is 0 Å². The van der Waals surface area contributed by atoms with Crippen LogP contribution in [0.3, 0.4) is 0 Å². The standard InChI is InChI=1S/C19H10Br2O5/c1-8-4-15(22)26-18-11(8)2-3-14-16(18)12(19(24)25-14)6-9-5-10(20)7-13(21)17(9)23/h2-7,23H,1H3/b12-6+. The highest BCUT2D eigenvalue weighted by Crippen LogP contribution is 2.42. The van der Waals surface area contributed by atoms with Crippen molar-refractivity contribution in [2.45, 2.75) is 6.92 Å². The number of aryl methyl sites for hydroxylation is 1. The van der Waals surface area contributed by atoms with Crippen LogP contribution in [0.1, 0.15) is 16.7 Å². The Kier molecular flexibility index (Phi) is 4.00. The van der Waals surface area contributed by atoms with Crippen molar-refractivity contribution in [2.75, 3.05) is 0 Å². The predicted octanol–water partition coefficient (Wildman–Crippen LogP) is 4.79. The average molecular weight is 478 g/mol. The average Bonchev–Trinajstić information content (AvgIpc) is 2.88. The molecule has 7 heteroatoms. The number of rotatable bonds is 1. The van der Waals surface area contributed by atoms with Crippen LogP contribution in [0.4, 0.5) is 0 Å². The highest BCUT2D eigenvalue weighted by atomic mass is 79.9. The molecule has 2 heterocycles. The van der Waals surface area contributed by atoms with Crippen molar-refractivity contribution in [3.63, 3.8) is 0 Å². The summed E-state index contributed by atoms with van der Waals surface area (Å²) in [6.45, 7) is 1.80. The molecule has 0 aliphatic carbocycles. The van der Waals surface area contributed by atoms with Gasteiger partial charge in [-0.2, -0.15) is 0 Å². The lowest BCUT2D eigenvalue weighted by Crippen LogP contribution is -2.01. The van der Waals surface area contributed by atoms with Gasteiger partial charge in [0.2, 0.25) is 0 Å². The van der Waals surface area contributed by atoms with E-state index in [1.807, 2.05) is 0 Å². The second kappa shape index (κ2) is 6.10. The Labute approximate surface area is 164 Å². The Morgan fingerprint density at radius 3 is 2.65 bits per heavy atom. The molecule has 3 aromatic rings. The minimum Gasteiger partial charge on any atom is -0.506 e. The molecule has 0 unspecified atom stereocenters. The van der Waals surface area contributed by atoms with Gasteiger partial charge in [-0.25, -0.2) is 9.59 Å². The Balaban J connectivity index is 2.04. The molecule has 4 rings (SSSR count). The maximum absolute atomic E-state index is 12.4. The second-order valence-electron chi connectivity index (χ2n) is 5.84. The molecule has 5 nitrogen and oxygen atoms in total. The minimum atomic E-state index is -0.577. The Hall–Kier alpha value is -2.38. The third-order valence-electron chi connectivity index (χ3n) is 4.13. The molecule has 0 atom stereocenters. The lowest BCUT2D eigenvalue weighted by atomic mass is 9.99. The summed E-state index contributed by atoms with van der Waals surface area (Å²) in [6, 6.07) is 8.17. The van der Waals surface area contributed by atoms with E-state index in [0.717, 1.165) is 10.0 Å². The Bertz CT molecular complexity index is 1190. The molecule has 0 amide bonds. The number of hydrogen-bond donors (Lipinski definition) is 1. The van der Waals surface area contributed by atoms with E-state index in [2.05, 4.69) is 31.9 Å². The smallest absolute Gasteiger partial charge is 0.344 e. The first-order chi connectivity index (χ1) is 12.3. The van der Waals surface area contributed by atoms with Gasteiger partial charge in [0, 0.05) is 21.5 Å². The fourth-order valence-corrected chi connectivity index (χ4v) is 4.20. The van der Waals surface area contributed by atoms with Crippen LogP contribution in [0, 0.1) is 6.92 Å². The van der Waals surface area contributed by atoms with Gasteiger partial charge in [-0.1, -0.05) is 15.9 Å². The van der Waals surface area contributed by atoms with Crippen molar-refractivity contribution in [1.82, 2.24) is 0 Å². The van der Waals surface area contributed by atoms with Crippen LogP contribution in [-0.4, -0.2) is 11.1 Å². The number of benzene rings is 2. The third kappa shape index (κ3) is 2.68. The summed E-state index contributed by atoms with van der Waals surface area (Å²) in [5.74, 6) is -0.275. The fraction of sp³-hybridized carbons (Fsp3) is 0.0526. The second-order valence-corrected chi connectivity index (χ2v) is 7.61. The molecule has 0 fully saturated rings. The number of fused-ring (bicyclic) bond motifs is 3. The summed E-state index contributed by atoms with van der Waals surface area (Å²) < 4.78 is 11.9. The van der Waals surface area contributed by atoms with Gasteiger partial charge in [0.15, 0.2) is 5.58 Å². The topological polar surface area (TPSA) is 76.7 Å². The third-order valence-corrected chi connectivity index (χ3v) is 5.19. The zero-order valence-electron chi connectivity index (χ0n) is 13.3. The van der Waals surface area contributed by atoms with Crippen molar-refractivity contribution < 1.29 is 19.1 Å². The SMILES string of the molecule is Cc1cc(=O)oc2c3c(ccc12)OC(=O)/C3=C/c1cc(Br)cc(Br)c1O. The molecule has 130 valence electrons. The first kappa shape index (κ1) is 17.1. The van der Waals surface area contributed by atoms with Crippen LogP contribution in [-0.2, 0) is 4.79 Å². The summed E-state index contributed by atoms with van der Waals surface area (Å²) in [4.78, 5) is 24.2. The number of carbonyl (C=O) groups is 1. The summed E-state index contributed by atoms with van der Waals surface area (Å²) in [7, 11) is 0. The number of aromatic hydroxyl groups is 1. The quantitative estimate of drug-likeness (QED) is 0.236. The zero-order valence-corrected chi connectivity index (χ0v) is 16.5. The van der Waals surface area contributed by atoms with Crippen molar-refractivity contribution in [1.29, 1.82) is 0 Å². The van der Waals surface area contributed by atoms with Crippen LogP contribution in [0.25, 0.3) is 22.6 Å². The number of esters is 1. The first-order valence-electron chi connectivity index (χ1n) is 7.55. The van der Waals surface area contributed by atoms with E-state index in [4.69, 9.17) is 9.15 Å². The molecule has 1 N–H and O–H groups in total. The van der Waals surface area contributed by atoms with E-state index in [9.17, 15) is 14.7 Å². The molecular formula is C19H10Br2O5. The Morgan fingerprint density at radius 2 is 1.88 bits per heavy atom. The molecule has 0 radical (unpaired) electrons. The van der Waals surface area contributed by atoms with Crippen LogP contribution in [0.5, 0.6) is 11.5 Å². The van der Waals surface area contributed by atoms with Crippen molar-refractivity contribution >= 4 is 60.4 Å². The molecule has 2 aromatic carbocycles. The summed E-state index contributed by atoms with van der Waals surface area (Å²) in [6.07, 6.45) is 1.51. The van der Waals surface area contributed by atoms with Crippen LogP contribution in [0.2, 0.25) is 0 Å². The molecule has 0 saturated heterocycles. The molecule has 0 spiro atoms. The first-order valence-corrected chi connectivity index (χ1v) is 9.13. The normalized spacial score (nSPS) is 14.7. The zero-order chi connectivity index (χ0) is 18.6. The van der Waals surface area contributed by atoms with Gasteiger partial charge in [0.05, 0.1) is 15.6 Å². The molecule has 0 saturated carbocycles. The number of halogens is 2. The number of hydrogen-bond acceptors (Lipinski definition) is 5. The van der Waals surface area contributed by atoms with Gasteiger partial charge < -0.3 is 14.3 Å². The monoisotopic (exact) mass is 476 g/mol. The molecule has 1 aliphatic heterocycles. The molecule has 1 aliphatic rings. The lowest BCUT2D eigenvalue weighted by Gasteiger charge is -2.06. The van der Waals surface area contributed by atoms with Gasteiger partial charge in [0.1, 0.15) is 11.5 Å². The van der Waals surface area contributed by atoms with Gasteiger partial charge in [0.25, 0.3) is 0 Å². The summed E-state index contributed by atoms with van der Waals surface area (Å²) in [5, 5.41) is 11.0. The van der Waals surface area contributed by atoms with E-state index in [1.165, 1.54) is 12.1 Å². The maximum Gasteiger partial charge on any atom is 0.344 e. The number of phenols is 1. The largest absolute Gasteiger partial charge is 0.506 e. The maximum atomic E-state index is 12.4. The van der Waals surface area contributed by atoms with E-state index in [1.54, 1.807) is 31.2 Å². The number of ether oxygens (including phenoxy) is 1. The van der Waals surface area contributed by atoms with Crippen LogP contribution >= 0.6 is 31.9 Å². The van der Waals surface area contributed by atoms with Crippen molar-refractivity contribution in [2.24, 2.45) is 0 Å². The summed E-state index contributed by atoms with van der Waals surface area (Å²) in [5.41, 5.74) is 1.56. The number of phenolic OH excluding ortho intramolecular Hbond substituents is 1. The minimum absolute atomic E-state index is 0.0141. The number of carbonyl (C=O) groups excluding carboxylic acids is 1. The van der Waals surface area contributed by atoms with Crippen molar-refractivity contribution in [3.05, 3.63) is 66.4 Å². The highest BCUT2D eigenvalue weighted by Gasteiger charge is 2.31. The van der Waals surface area contributed by atoms with E-state index >= 15 is 0 Å². The molecular weight excluding hydrogens is 468 g/mol. The van der Waals surface area contributed by atoms with Gasteiger partial charge in [-0.15, -0.1) is 0 Å². The highest BCUT2D eigenvalue weighted by molar-refractivity contribution is 9.11. The van der Waals surface area contributed by atoms with Gasteiger partial charge in [-0.05, 0) is 58.8 Å². The van der Waals surface area contributed by atoms with E-state index < -0.39 is 11.6 Å². The molecule has 0 bridgehead atoms. The van der Waals surface area contributed by atoms with Crippen LogP contribution < -0.4 is 10.4 Å².